The van der Waals surface area contributed by atoms with Crippen LogP contribution in [0.1, 0.15) is 20.8 Å². The molecule has 0 bridgehead atoms. The molecular weight excluding hydrogens is 180 g/mol. The maximum absolute atomic E-state index is 4.09. The van der Waals surface area contributed by atoms with Crippen molar-refractivity contribution in [2.24, 2.45) is 0 Å². The largest absolute Gasteiger partial charge is 0.106 e. The summed E-state index contributed by atoms with van der Waals surface area (Å²) < 4.78 is 0. The molecule has 0 aliphatic heterocycles. The number of hydrogen-bond donors (Lipinski definition) is 1. The molecule has 10 heavy (non-hydrogen) atoms. The lowest BCUT2D eigenvalue weighted by Gasteiger charge is -2.02. The maximum atomic E-state index is 4.09. The third-order valence-electron chi connectivity index (χ3n) is 0.960. The van der Waals surface area contributed by atoms with Gasteiger partial charge in [0.15, 0.2) is 0 Å². The van der Waals surface area contributed by atoms with Crippen molar-refractivity contribution >= 4 is 34.2 Å². The van der Waals surface area contributed by atoms with Gasteiger partial charge in [0.1, 0.15) is 0 Å². The minimum atomic E-state index is 1.12. The first-order valence-electron chi connectivity index (χ1n) is 2.90. The molecule has 0 fully saturated rings. The SMILES string of the molecule is C=C(C)S/C(C)=C(/C)SS. The van der Waals surface area contributed by atoms with E-state index in [0.29, 0.717) is 0 Å². The van der Waals surface area contributed by atoms with Crippen LogP contribution in [0, 0.1) is 0 Å². The summed E-state index contributed by atoms with van der Waals surface area (Å²) in [5.74, 6) is 0. The Kier molecular flexibility index (Phi) is 5.49. The molecule has 0 heterocycles. The van der Waals surface area contributed by atoms with Crippen molar-refractivity contribution in [3.63, 3.8) is 0 Å². The molecule has 0 aliphatic rings. The maximum Gasteiger partial charge on any atom is 0.00202 e. The highest BCUT2D eigenvalue weighted by Gasteiger charge is 1.95. The van der Waals surface area contributed by atoms with Crippen LogP contribution in [0.4, 0.5) is 0 Å². The number of thiol groups is 1. The Labute approximate surface area is 76.4 Å². The zero-order valence-corrected chi connectivity index (χ0v) is 9.00. The lowest BCUT2D eigenvalue weighted by Crippen LogP contribution is -1.71. The molecule has 0 saturated heterocycles. The Hall–Kier alpha value is 0.530. The Morgan fingerprint density at radius 1 is 1.20 bits per heavy atom. The molecule has 0 rings (SSSR count). The molecule has 0 aliphatic carbocycles. The van der Waals surface area contributed by atoms with Crippen LogP contribution in [0.25, 0.3) is 0 Å². The predicted octanol–water partition coefficient (Wildman–Crippen LogP) is 4.08. The summed E-state index contributed by atoms with van der Waals surface area (Å²) in [6.45, 7) is 9.95. The molecule has 58 valence electrons. The lowest BCUT2D eigenvalue weighted by atomic mass is 10.6. The summed E-state index contributed by atoms with van der Waals surface area (Å²) in [6, 6.07) is 0. The third kappa shape index (κ3) is 4.36. The van der Waals surface area contributed by atoms with E-state index >= 15 is 0 Å². The Morgan fingerprint density at radius 2 is 1.70 bits per heavy atom. The van der Waals surface area contributed by atoms with Gasteiger partial charge in [0.25, 0.3) is 0 Å². The van der Waals surface area contributed by atoms with E-state index in [1.54, 1.807) is 11.8 Å². The molecule has 0 nitrogen and oxygen atoms in total. The van der Waals surface area contributed by atoms with E-state index < -0.39 is 0 Å². The van der Waals surface area contributed by atoms with Gasteiger partial charge in [-0.3, -0.25) is 0 Å². The summed E-state index contributed by atoms with van der Waals surface area (Å²) in [4.78, 5) is 3.66. The molecule has 0 saturated carbocycles. The standard InChI is InChI=1S/C7H12S3/c1-5(2)9-6(3)7(4)10-8/h8H,1H2,2-4H3/b7-6-. The van der Waals surface area contributed by atoms with Crippen LogP contribution < -0.4 is 0 Å². The third-order valence-corrected chi connectivity index (χ3v) is 3.45. The zero-order chi connectivity index (χ0) is 8.15. The van der Waals surface area contributed by atoms with Crippen LogP contribution >= 0.6 is 34.2 Å². The van der Waals surface area contributed by atoms with Crippen molar-refractivity contribution in [2.75, 3.05) is 0 Å². The van der Waals surface area contributed by atoms with Gasteiger partial charge in [-0.05, 0) is 30.6 Å². The molecule has 0 aromatic rings. The highest BCUT2D eigenvalue weighted by Crippen LogP contribution is 2.31. The number of hydrogen-bond acceptors (Lipinski definition) is 3. The number of rotatable bonds is 3. The van der Waals surface area contributed by atoms with E-state index in [0.717, 1.165) is 4.91 Å². The second-order valence-electron chi connectivity index (χ2n) is 2.01. The second-order valence-corrected chi connectivity index (χ2v) is 4.86. The fraction of sp³-hybridized carbons (Fsp3) is 0.429. The van der Waals surface area contributed by atoms with Gasteiger partial charge in [0, 0.05) is 4.91 Å². The molecule has 0 spiro atoms. The van der Waals surface area contributed by atoms with E-state index in [1.807, 2.05) is 6.92 Å². The molecule has 0 aromatic carbocycles. The van der Waals surface area contributed by atoms with Gasteiger partial charge in [0.2, 0.25) is 0 Å². The van der Waals surface area contributed by atoms with E-state index in [9.17, 15) is 0 Å². The van der Waals surface area contributed by atoms with Crippen LogP contribution in [-0.4, -0.2) is 0 Å². The first-order valence-corrected chi connectivity index (χ1v) is 5.58. The normalized spacial score (nSPS) is 12.8. The average molecular weight is 192 g/mol. The Bertz CT molecular complexity index is 158. The van der Waals surface area contributed by atoms with E-state index in [4.69, 9.17) is 0 Å². The van der Waals surface area contributed by atoms with Gasteiger partial charge >= 0.3 is 0 Å². The molecule has 3 heteroatoms. The minimum Gasteiger partial charge on any atom is -0.106 e. The van der Waals surface area contributed by atoms with Crippen molar-refractivity contribution in [1.29, 1.82) is 0 Å². The van der Waals surface area contributed by atoms with Crippen LogP contribution in [0.15, 0.2) is 21.3 Å². The first kappa shape index (κ1) is 10.5. The fourth-order valence-corrected chi connectivity index (χ4v) is 2.04. The number of thioether (sulfide) groups is 1. The van der Waals surface area contributed by atoms with Gasteiger partial charge in [-0.15, -0.1) is 11.7 Å². The molecule has 0 radical (unpaired) electrons. The molecule has 0 aromatic heterocycles. The van der Waals surface area contributed by atoms with Crippen molar-refractivity contribution in [1.82, 2.24) is 0 Å². The average Bonchev–Trinajstić information content (AvgIpc) is 1.85. The second kappa shape index (κ2) is 5.22. The zero-order valence-electron chi connectivity index (χ0n) is 6.47. The molecule has 0 unspecified atom stereocenters. The summed E-state index contributed by atoms with van der Waals surface area (Å²) in [6.07, 6.45) is 0. The summed E-state index contributed by atoms with van der Waals surface area (Å²) in [7, 11) is 1.49. The van der Waals surface area contributed by atoms with Crippen LogP contribution in [0.3, 0.4) is 0 Å². The predicted molar refractivity (Wildman–Crippen MR) is 57.4 cm³/mol. The molecular formula is C7H12S3. The van der Waals surface area contributed by atoms with Gasteiger partial charge in [0.05, 0.1) is 0 Å². The number of allylic oxidation sites excluding steroid dienone is 3. The van der Waals surface area contributed by atoms with E-state index in [1.165, 1.54) is 20.6 Å². The van der Waals surface area contributed by atoms with Crippen molar-refractivity contribution in [2.45, 2.75) is 20.8 Å². The molecule has 0 atom stereocenters. The van der Waals surface area contributed by atoms with Gasteiger partial charge in [-0.25, -0.2) is 0 Å². The Balaban J connectivity index is 4.04. The fourth-order valence-electron chi connectivity index (χ4n) is 0.397. The van der Waals surface area contributed by atoms with Gasteiger partial charge in [-0.1, -0.05) is 29.1 Å². The van der Waals surface area contributed by atoms with E-state index in [-0.39, 0.29) is 0 Å². The van der Waals surface area contributed by atoms with Crippen molar-refractivity contribution in [3.8, 4) is 0 Å². The van der Waals surface area contributed by atoms with Crippen LogP contribution in [0.2, 0.25) is 0 Å². The minimum absolute atomic E-state index is 1.12. The topological polar surface area (TPSA) is 0 Å². The van der Waals surface area contributed by atoms with Crippen molar-refractivity contribution < 1.29 is 0 Å². The highest BCUT2D eigenvalue weighted by atomic mass is 33.1. The summed E-state index contributed by atoms with van der Waals surface area (Å²) in [5.41, 5.74) is 0. The van der Waals surface area contributed by atoms with Crippen LogP contribution in [0.5, 0.6) is 0 Å². The quantitative estimate of drug-likeness (QED) is 0.528. The summed E-state index contributed by atoms with van der Waals surface area (Å²) in [5, 5.41) is 0. The molecule has 0 N–H and O–H groups in total. The highest BCUT2D eigenvalue weighted by molar-refractivity contribution is 8.70. The summed E-state index contributed by atoms with van der Waals surface area (Å²) >= 11 is 5.80. The van der Waals surface area contributed by atoms with Gasteiger partial charge in [-0.2, -0.15) is 0 Å². The Morgan fingerprint density at radius 3 is 2.00 bits per heavy atom. The molecule has 0 amide bonds. The van der Waals surface area contributed by atoms with E-state index in [2.05, 4.69) is 32.1 Å². The lowest BCUT2D eigenvalue weighted by molar-refractivity contribution is 1.56. The smallest absolute Gasteiger partial charge is 0.00202 e. The monoisotopic (exact) mass is 192 g/mol. The van der Waals surface area contributed by atoms with Gasteiger partial charge < -0.3 is 0 Å². The van der Waals surface area contributed by atoms with Crippen molar-refractivity contribution in [3.05, 3.63) is 21.3 Å². The first-order chi connectivity index (χ1) is 4.57. The van der Waals surface area contributed by atoms with Crippen LogP contribution in [-0.2, 0) is 0 Å².